The molecular formula is C27H45NO5. The van der Waals surface area contributed by atoms with Gasteiger partial charge in [-0.15, -0.1) is 0 Å². The number of aliphatic carboxylic acids is 1. The fraction of sp³-hybridized carbons (Fsp3) is 0.704. The predicted molar refractivity (Wildman–Crippen MR) is 133 cm³/mol. The van der Waals surface area contributed by atoms with Gasteiger partial charge in [-0.2, -0.15) is 0 Å². The van der Waals surface area contributed by atoms with E-state index in [1.807, 2.05) is 13.0 Å². The molecule has 0 bridgehead atoms. The zero-order valence-electron chi connectivity index (χ0n) is 21.0. The summed E-state index contributed by atoms with van der Waals surface area (Å²) in [4.78, 5) is 21.5. The van der Waals surface area contributed by atoms with Gasteiger partial charge in [-0.05, 0) is 76.2 Å². The maximum atomic E-state index is 11.8. The van der Waals surface area contributed by atoms with Crippen molar-refractivity contribution in [2.24, 2.45) is 17.8 Å². The molecule has 0 spiro atoms. The van der Waals surface area contributed by atoms with E-state index >= 15 is 0 Å². The second-order valence-electron chi connectivity index (χ2n) is 9.55. The summed E-state index contributed by atoms with van der Waals surface area (Å²) in [5.41, 5.74) is 1.28. The molecule has 1 saturated heterocycles. The van der Waals surface area contributed by atoms with E-state index in [0.717, 1.165) is 51.0 Å². The van der Waals surface area contributed by atoms with Crippen molar-refractivity contribution in [1.82, 2.24) is 5.32 Å². The number of rotatable bonds is 9. The number of nitrogens with one attached hydrogen (secondary N) is 1. The largest absolute Gasteiger partial charge is 0.481 e. The molecule has 6 nitrogen and oxygen atoms in total. The lowest BCUT2D eigenvalue weighted by molar-refractivity contribution is -0.140. The molecule has 1 aliphatic carbocycles. The molecule has 1 heterocycles. The second-order valence-corrected chi connectivity index (χ2v) is 9.55. The number of aliphatic hydroxyl groups excluding tert-OH is 1. The number of carboxylic acids is 1. The highest BCUT2D eigenvalue weighted by Gasteiger charge is 2.21. The fourth-order valence-electron chi connectivity index (χ4n) is 3.90. The van der Waals surface area contributed by atoms with Crippen LogP contribution in [-0.2, 0) is 14.3 Å². The Hall–Kier alpha value is -1.92. The van der Waals surface area contributed by atoms with Gasteiger partial charge in [0.1, 0.15) is 0 Å². The van der Waals surface area contributed by atoms with Gasteiger partial charge >= 0.3 is 5.97 Å². The van der Waals surface area contributed by atoms with Crippen molar-refractivity contribution >= 4 is 11.9 Å². The lowest BCUT2D eigenvalue weighted by Crippen LogP contribution is -2.36. The minimum Gasteiger partial charge on any atom is -0.481 e. The van der Waals surface area contributed by atoms with Gasteiger partial charge < -0.3 is 20.3 Å². The molecule has 2 rings (SSSR count). The highest BCUT2D eigenvalue weighted by molar-refractivity contribution is 5.87. The average Bonchev–Trinajstić information content (AvgIpc) is 2.81. The molecule has 1 saturated carbocycles. The van der Waals surface area contributed by atoms with Gasteiger partial charge in [-0.25, -0.2) is 0 Å². The Bertz CT molecular complexity index is 659. The molecule has 0 aromatic rings. The molecule has 6 heteroatoms. The van der Waals surface area contributed by atoms with Gasteiger partial charge in [0, 0.05) is 19.3 Å². The number of hydrogen-bond acceptors (Lipinski definition) is 4. The van der Waals surface area contributed by atoms with Gasteiger partial charge in [-0.3, -0.25) is 9.59 Å². The molecule has 3 N–H and O–H groups in total. The lowest BCUT2D eigenvalue weighted by atomic mass is 9.83. The number of hydrogen-bond donors (Lipinski definition) is 3. The van der Waals surface area contributed by atoms with E-state index in [1.165, 1.54) is 18.4 Å². The first-order chi connectivity index (χ1) is 15.7. The normalized spacial score (nSPS) is 26.3. The van der Waals surface area contributed by atoms with E-state index in [4.69, 9.17) is 9.84 Å². The molecule has 188 valence electrons. The Morgan fingerprint density at radius 3 is 2.33 bits per heavy atom. The van der Waals surface area contributed by atoms with Crippen LogP contribution in [0.3, 0.4) is 0 Å². The molecular weight excluding hydrogens is 418 g/mol. The number of allylic oxidation sites excluding steroid dienone is 4. The number of aliphatic hydroxyl groups is 1. The molecule has 1 aliphatic heterocycles. The molecule has 33 heavy (non-hydrogen) atoms. The quantitative estimate of drug-likeness (QED) is 0.329. The zero-order chi connectivity index (χ0) is 24.6. The number of carbonyl (C=O) groups excluding carboxylic acids is 1. The SMILES string of the molecule is CC(C)C(=O)O.CC/C=C\C(=O)NC1CCC(C/C=C(C)/C=C/C2CC(CO)CCO2)CC1. The molecule has 2 unspecified atom stereocenters. The van der Waals surface area contributed by atoms with E-state index in [9.17, 15) is 14.7 Å². The highest BCUT2D eigenvalue weighted by atomic mass is 16.5. The average molecular weight is 464 g/mol. The highest BCUT2D eigenvalue weighted by Crippen LogP contribution is 2.28. The molecule has 2 aliphatic rings. The Labute approximate surface area is 200 Å². The monoisotopic (exact) mass is 463 g/mol. The second kappa shape index (κ2) is 16.7. The summed E-state index contributed by atoms with van der Waals surface area (Å²) in [7, 11) is 0. The number of carbonyl (C=O) groups is 2. The number of amides is 1. The summed E-state index contributed by atoms with van der Waals surface area (Å²) >= 11 is 0. The van der Waals surface area contributed by atoms with Gasteiger partial charge in [0.25, 0.3) is 0 Å². The van der Waals surface area contributed by atoms with Crippen LogP contribution in [0.4, 0.5) is 0 Å². The van der Waals surface area contributed by atoms with E-state index in [0.29, 0.717) is 12.0 Å². The predicted octanol–water partition coefficient (Wildman–Crippen LogP) is 5.03. The van der Waals surface area contributed by atoms with Gasteiger partial charge in [-0.1, -0.05) is 50.6 Å². The van der Waals surface area contributed by atoms with Crippen LogP contribution >= 0.6 is 0 Å². The molecule has 0 aromatic carbocycles. The van der Waals surface area contributed by atoms with Crippen molar-refractivity contribution in [1.29, 1.82) is 0 Å². The van der Waals surface area contributed by atoms with E-state index in [2.05, 4.69) is 30.5 Å². The Morgan fingerprint density at radius 1 is 1.09 bits per heavy atom. The Balaban J connectivity index is 0.000000801. The molecule has 2 atom stereocenters. The fourth-order valence-corrected chi connectivity index (χ4v) is 3.90. The summed E-state index contributed by atoms with van der Waals surface area (Å²) in [6, 6.07) is 0.336. The summed E-state index contributed by atoms with van der Waals surface area (Å²) in [5.74, 6) is 0.178. The third-order valence-corrected chi connectivity index (χ3v) is 6.22. The third kappa shape index (κ3) is 13.4. The minimum absolute atomic E-state index is 0.0505. The van der Waals surface area contributed by atoms with Crippen molar-refractivity contribution in [3.05, 3.63) is 36.0 Å². The number of carboxylic acid groups (broad SMARTS) is 1. The van der Waals surface area contributed by atoms with E-state index in [-0.39, 0.29) is 24.5 Å². The van der Waals surface area contributed by atoms with Crippen LogP contribution in [-0.4, -0.2) is 47.4 Å². The van der Waals surface area contributed by atoms with Crippen LogP contribution in [0.5, 0.6) is 0 Å². The van der Waals surface area contributed by atoms with E-state index in [1.54, 1.807) is 19.9 Å². The Morgan fingerprint density at radius 2 is 1.76 bits per heavy atom. The smallest absolute Gasteiger partial charge is 0.305 e. The zero-order valence-corrected chi connectivity index (χ0v) is 21.0. The maximum absolute atomic E-state index is 11.8. The maximum Gasteiger partial charge on any atom is 0.305 e. The third-order valence-electron chi connectivity index (χ3n) is 6.22. The van der Waals surface area contributed by atoms with Crippen LogP contribution in [0.15, 0.2) is 36.0 Å². The van der Waals surface area contributed by atoms with Gasteiger partial charge in [0.05, 0.1) is 12.0 Å². The Kier molecular flexibility index (Phi) is 14.7. The first-order valence-electron chi connectivity index (χ1n) is 12.5. The van der Waals surface area contributed by atoms with Crippen LogP contribution < -0.4 is 5.32 Å². The molecule has 0 radical (unpaired) electrons. The molecule has 2 fully saturated rings. The standard InChI is InChI=1S/C23H37NO3.C4H8O2/c1-3-4-5-23(26)24-21-11-9-19(10-12-21)8-6-18(2)7-13-22-16-20(17-25)14-15-27-22;1-3(2)4(5)6/h4-7,13,19-22,25H,3,8-12,14-17H2,1-2H3,(H,24,26);3H,1-2H3,(H,5,6)/b5-4-,13-7+,18-6+;. The number of ether oxygens (including phenoxy) is 1. The van der Waals surface area contributed by atoms with Crippen molar-refractivity contribution in [2.75, 3.05) is 13.2 Å². The lowest BCUT2D eigenvalue weighted by Gasteiger charge is -2.28. The summed E-state index contributed by atoms with van der Waals surface area (Å²) < 4.78 is 5.76. The van der Waals surface area contributed by atoms with Crippen LogP contribution in [0, 0.1) is 17.8 Å². The first kappa shape index (κ1) is 29.1. The van der Waals surface area contributed by atoms with Crippen molar-refractivity contribution in [2.45, 2.75) is 91.2 Å². The molecule has 0 aromatic heterocycles. The molecule has 1 amide bonds. The van der Waals surface area contributed by atoms with Crippen LogP contribution in [0.2, 0.25) is 0 Å². The minimum atomic E-state index is -0.741. The summed E-state index contributed by atoms with van der Waals surface area (Å²) in [5, 5.41) is 20.4. The van der Waals surface area contributed by atoms with Gasteiger partial charge in [0.15, 0.2) is 0 Å². The van der Waals surface area contributed by atoms with Gasteiger partial charge in [0.2, 0.25) is 5.91 Å². The first-order valence-corrected chi connectivity index (χ1v) is 12.5. The van der Waals surface area contributed by atoms with Crippen LogP contribution in [0.1, 0.15) is 79.1 Å². The summed E-state index contributed by atoms with van der Waals surface area (Å²) in [6.07, 6.45) is 18.8. The van der Waals surface area contributed by atoms with Crippen molar-refractivity contribution < 1.29 is 24.5 Å². The van der Waals surface area contributed by atoms with Crippen LogP contribution in [0.25, 0.3) is 0 Å². The topological polar surface area (TPSA) is 95.9 Å². The van der Waals surface area contributed by atoms with Crippen molar-refractivity contribution in [3.63, 3.8) is 0 Å². The van der Waals surface area contributed by atoms with Crippen molar-refractivity contribution in [3.8, 4) is 0 Å². The summed E-state index contributed by atoms with van der Waals surface area (Å²) in [6.45, 7) is 8.48. The van der Waals surface area contributed by atoms with E-state index < -0.39 is 5.97 Å².